The first kappa shape index (κ1) is 17.0. The van der Waals surface area contributed by atoms with E-state index in [0.717, 1.165) is 12.8 Å². The molecule has 1 aromatic carbocycles. The zero-order valence-corrected chi connectivity index (χ0v) is 15.2. The summed E-state index contributed by atoms with van der Waals surface area (Å²) in [6, 6.07) is 6.70. The van der Waals surface area contributed by atoms with E-state index in [4.69, 9.17) is 11.6 Å². The van der Waals surface area contributed by atoms with Gasteiger partial charge in [-0.1, -0.05) is 18.5 Å². The van der Waals surface area contributed by atoms with E-state index in [2.05, 4.69) is 17.5 Å². The molecule has 6 heteroatoms. The van der Waals surface area contributed by atoms with Crippen LogP contribution >= 0.6 is 22.9 Å². The molecule has 1 aliphatic rings. The number of benzene rings is 1. The number of aryl methyl sites for hydroxylation is 1. The van der Waals surface area contributed by atoms with Gasteiger partial charge in [0.15, 0.2) is 0 Å². The number of carbonyl (C=O) groups is 1. The minimum Gasteiger partial charge on any atom is -0.507 e. The van der Waals surface area contributed by atoms with Gasteiger partial charge in [-0.05, 0) is 61.9 Å². The monoisotopic (exact) mass is 362 g/mol. The van der Waals surface area contributed by atoms with Crippen LogP contribution in [0.15, 0.2) is 29.4 Å². The average Bonchev–Trinajstić information content (AvgIpc) is 2.97. The highest BCUT2D eigenvalue weighted by atomic mass is 35.5. The highest BCUT2D eigenvalue weighted by Crippen LogP contribution is 2.32. The molecule has 1 heterocycles. The molecule has 4 nitrogen and oxygen atoms in total. The summed E-state index contributed by atoms with van der Waals surface area (Å²) in [4.78, 5) is 14.3. The number of phenolic OH excluding ortho intramolecular Hbond substituents is 1. The van der Waals surface area contributed by atoms with Crippen molar-refractivity contribution in [2.75, 3.05) is 0 Å². The number of fused-ring (bicyclic) bond motifs is 1. The van der Waals surface area contributed by atoms with E-state index in [1.165, 1.54) is 22.9 Å². The van der Waals surface area contributed by atoms with Crippen LogP contribution in [0.4, 0.5) is 0 Å². The zero-order chi connectivity index (χ0) is 17.3. The molecule has 1 aliphatic carbocycles. The van der Waals surface area contributed by atoms with Gasteiger partial charge in [-0.15, -0.1) is 11.3 Å². The van der Waals surface area contributed by atoms with E-state index in [-0.39, 0.29) is 11.7 Å². The lowest BCUT2D eigenvalue weighted by Crippen LogP contribution is -2.18. The van der Waals surface area contributed by atoms with Crippen LogP contribution in [-0.4, -0.2) is 16.7 Å². The molecule has 0 aliphatic heterocycles. The van der Waals surface area contributed by atoms with Gasteiger partial charge in [0.05, 0.1) is 10.6 Å². The van der Waals surface area contributed by atoms with Crippen LogP contribution in [0.2, 0.25) is 5.02 Å². The third-order valence-corrected chi connectivity index (χ3v) is 5.70. The summed E-state index contributed by atoms with van der Waals surface area (Å²) < 4.78 is 0. The Morgan fingerprint density at radius 1 is 1.42 bits per heavy atom. The van der Waals surface area contributed by atoms with Crippen molar-refractivity contribution in [3.63, 3.8) is 0 Å². The smallest absolute Gasteiger partial charge is 0.281 e. The molecule has 0 radical (unpaired) electrons. The summed E-state index contributed by atoms with van der Waals surface area (Å²) in [5.74, 6) is 0.535. The number of carbonyl (C=O) groups excluding carboxylic acids is 1. The van der Waals surface area contributed by atoms with Crippen molar-refractivity contribution in [2.24, 2.45) is 11.0 Å². The van der Waals surface area contributed by atoms with Gasteiger partial charge >= 0.3 is 0 Å². The maximum Gasteiger partial charge on any atom is 0.281 e. The largest absolute Gasteiger partial charge is 0.507 e. The van der Waals surface area contributed by atoms with E-state index < -0.39 is 0 Å². The molecular weight excluding hydrogens is 344 g/mol. The number of nitrogens with zero attached hydrogens (tertiary/aromatic N) is 1. The SMILES string of the molecule is C/C(=N\NC(=O)c1cc2c(s1)CC[C@@H](C)C2)c1cc(Cl)ccc1O. The Labute approximate surface area is 150 Å². The molecule has 0 saturated heterocycles. The predicted molar refractivity (Wildman–Crippen MR) is 98.3 cm³/mol. The number of aromatic hydroxyl groups is 1. The van der Waals surface area contributed by atoms with Gasteiger partial charge < -0.3 is 5.11 Å². The highest BCUT2D eigenvalue weighted by molar-refractivity contribution is 7.14. The summed E-state index contributed by atoms with van der Waals surface area (Å²) in [6.07, 6.45) is 3.27. The molecule has 126 valence electrons. The number of amides is 1. The van der Waals surface area contributed by atoms with Gasteiger partial charge in [0.2, 0.25) is 0 Å². The fraction of sp³-hybridized carbons (Fsp3) is 0.333. The first-order chi connectivity index (χ1) is 11.4. The van der Waals surface area contributed by atoms with Crippen LogP contribution in [0.1, 0.15) is 45.9 Å². The number of thiophene rings is 1. The Balaban J connectivity index is 1.74. The molecule has 0 unspecified atom stereocenters. The van der Waals surface area contributed by atoms with Gasteiger partial charge in [-0.3, -0.25) is 4.79 Å². The summed E-state index contributed by atoms with van der Waals surface area (Å²) >= 11 is 7.48. The molecule has 24 heavy (non-hydrogen) atoms. The summed E-state index contributed by atoms with van der Waals surface area (Å²) in [5.41, 5.74) is 4.86. The van der Waals surface area contributed by atoms with Gasteiger partial charge in [-0.25, -0.2) is 5.43 Å². The maximum atomic E-state index is 12.3. The number of rotatable bonds is 3. The summed E-state index contributed by atoms with van der Waals surface area (Å²) in [7, 11) is 0. The van der Waals surface area contributed by atoms with Crippen LogP contribution in [0.25, 0.3) is 0 Å². The van der Waals surface area contributed by atoms with E-state index in [1.54, 1.807) is 30.4 Å². The lowest BCUT2D eigenvalue weighted by molar-refractivity contribution is 0.0959. The number of hydrogen-bond donors (Lipinski definition) is 2. The van der Waals surface area contributed by atoms with Crippen molar-refractivity contribution in [1.29, 1.82) is 0 Å². The second-order valence-electron chi connectivity index (χ2n) is 6.21. The molecule has 3 rings (SSSR count). The number of hydrogen-bond acceptors (Lipinski definition) is 4. The molecule has 2 N–H and O–H groups in total. The van der Waals surface area contributed by atoms with Gasteiger partial charge in [0.25, 0.3) is 5.91 Å². The molecule has 0 fully saturated rings. The van der Waals surface area contributed by atoms with Crippen molar-refractivity contribution in [3.05, 3.63) is 50.2 Å². The molecule has 0 bridgehead atoms. The Morgan fingerprint density at radius 2 is 2.21 bits per heavy atom. The van der Waals surface area contributed by atoms with Crippen LogP contribution in [0.5, 0.6) is 5.75 Å². The zero-order valence-electron chi connectivity index (χ0n) is 13.6. The maximum absolute atomic E-state index is 12.3. The lowest BCUT2D eigenvalue weighted by atomic mass is 9.90. The molecule has 2 aromatic rings. The third kappa shape index (κ3) is 3.62. The molecule has 1 amide bonds. The predicted octanol–water partition coefficient (Wildman–Crippen LogP) is 4.39. The van der Waals surface area contributed by atoms with Crippen molar-refractivity contribution < 1.29 is 9.90 Å². The number of hydrazone groups is 1. The van der Waals surface area contributed by atoms with Crippen molar-refractivity contribution in [3.8, 4) is 5.75 Å². The minimum absolute atomic E-state index is 0.0791. The second-order valence-corrected chi connectivity index (χ2v) is 7.78. The normalized spacial score (nSPS) is 17.5. The van der Waals surface area contributed by atoms with E-state index >= 15 is 0 Å². The summed E-state index contributed by atoms with van der Waals surface area (Å²) in [6.45, 7) is 3.96. The molecule has 0 saturated carbocycles. The average molecular weight is 363 g/mol. The number of nitrogens with one attached hydrogen (secondary N) is 1. The second kappa shape index (κ2) is 6.95. The standard InChI is InChI=1S/C18H19ClN2O2S/c1-10-3-6-16-12(7-10)8-17(24-16)18(23)21-20-11(2)14-9-13(19)4-5-15(14)22/h4-5,8-10,22H,3,6-7H2,1-2H3,(H,21,23)/b20-11+/t10-/m1/s1. The van der Waals surface area contributed by atoms with Gasteiger partial charge in [0, 0.05) is 15.5 Å². The van der Waals surface area contributed by atoms with Crippen LogP contribution in [0.3, 0.4) is 0 Å². The minimum atomic E-state index is -0.220. The molecule has 1 atom stereocenters. The number of halogens is 1. The van der Waals surface area contributed by atoms with Gasteiger partial charge in [0.1, 0.15) is 5.75 Å². The Kier molecular flexibility index (Phi) is 4.92. The highest BCUT2D eigenvalue weighted by Gasteiger charge is 2.20. The first-order valence-electron chi connectivity index (χ1n) is 7.89. The van der Waals surface area contributed by atoms with Gasteiger partial charge in [-0.2, -0.15) is 5.10 Å². The summed E-state index contributed by atoms with van der Waals surface area (Å²) in [5, 5.41) is 14.5. The van der Waals surface area contributed by atoms with Crippen molar-refractivity contribution >= 4 is 34.6 Å². The van der Waals surface area contributed by atoms with Crippen LogP contribution in [0, 0.1) is 5.92 Å². The third-order valence-electron chi connectivity index (χ3n) is 4.23. The Morgan fingerprint density at radius 3 is 3.00 bits per heavy atom. The first-order valence-corrected chi connectivity index (χ1v) is 9.08. The molecule has 0 spiro atoms. The van der Waals surface area contributed by atoms with Crippen LogP contribution in [-0.2, 0) is 12.8 Å². The van der Waals surface area contributed by atoms with Crippen LogP contribution < -0.4 is 5.43 Å². The molecular formula is C18H19ClN2O2S. The van der Waals surface area contributed by atoms with E-state index in [1.807, 2.05) is 6.07 Å². The molecule has 1 aromatic heterocycles. The Bertz CT molecular complexity index is 813. The fourth-order valence-corrected chi connectivity index (χ4v) is 4.14. The number of phenols is 1. The van der Waals surface area contributed by atoms with Crippen molar-refractivity contribution in [2.45, 2.75) is 33.1 Å². The van der Waals surface area contributed by atoms with E-state index in [0.29, 0.717) is 27.1 Å². The quantitative estimate of drug-likeness (QED) is 0.628. The van der Waals surface area contributed by atoms with Crippen molar-refractivity contribution in [1.82, 2.24) is 5.43 Å². The van der Waals surface area contributed by atoms with E-state index in [9.17, 15) is 9.90 Å². The lowest BCUT2D eigenvalue weighted by Gasteiger charge is -2.16. The fourth-order valence-electron chi connectivity index (χ4n) is 2.87. The topological polar surface area (TPSA) is 61.7 Å². The Hall–Kier alpha value is -1.85.